The Hall–Kier alpha value is -2.63. The first-order valence-electron chi connectivity index (χ1n) is 8.29. The van der Waals surface area contributed by atoms with Crippen LogP contribution >= 0.6 is 0 Å². The Morgan fingerprint density at radius 3 is 2.36 bits per heavy atom. The third kappa shape index (κ3) is 4.47. The normalized spacial score (nSPS) is 12.5. The third-order valence-corrected chi connectivity index (χ3v) is 3.96. The maximum Gasteiger partial charge on any atom is 0.396 e. The second-order valence-corrected chi connectivity index (χ2v) is 6.90. The average Bonchev–Trinajstić information content (AvgIpc) is 2.97. The van der Waals surface area contributed by atoms with Crippen LogP contribution in [0.3, 0.4) is 0 Å². The molecule has 0 bridgehead atoms. The summed E-state index contributed by atoms with van der Waals surface area (Å²) in [5.74, 6) is -1.04. The molecule has 0 radical (unpaired) electrons. The molecule has 2 aromatic rings. The van der Waals surface area contributed by atoms with E-state index in [1.54, 1.807) is 19.3 Å². The molecule has 2 rings (SSSR count). The quantitative estimate of drug-likeness (QED) is 0.684. The molecule has 0 fully saturated rings. The van der Waals surface area contributed by atoms with E-state index >= 15 is 0 Å². The molecule has 1 atom stereocenters. The highest BCUT2D eigenvalue weighted by molar-refractivity contribution is 6.32. The number of imidazole rings is 1. The lowest BCUT2D eigenvalue weighted by molar-refractivity contribution is -0.154. The number of nitrogens with one attached hydrogen (secondary N) is 1. The van der Waals surface area contributed by atoms with Crippen LogP contribution in [-0.2, 0) is 26.8 Å². The molecule has 1 aromatic heterocycles. The maximum absolute atomic E-state index is 12.1. The summed E-state index contributed by atoms with van der Waals surface area (Å²) in [6, 6.07) is 7.42. The molecule has 25 heavy (non-hydrogen) atoms. The van der Waals surface area contributed by atoms with Crippen molar-refractivity contribution in [2.45, 2.75) is 39.2 Å². The molecule has 6 heteroatoms. The van der Waals surface area contributed by atoms with Gasteiger partial charge in [0.25, 0.3) is 0 Å². The number of amides is 1. The molecule has 1 heterocycles. The van der Waals surface area contributed by atoms with Gasteiger partial charge in [0.2, 0.25) is 0 Å². The van der Waals surface area contributed by atoms with Gasteiger partial charge >= 0.3 is 11.9 Å². The number of aryl methyl sites for hydroxylation is 1. The number of hydrogen-bond donors (Lipinski definition) is 1. The van der Waals surface area contributed by atoms with Crippen LogP contribution < -0.4 is 5.32 Å². The minimum absolute atomic E-state index is 0.0332. The van der Waals surface area contributed by atoms with Gasteiger partial charge in [-0.15, -0.1) is 0 Å². The topological polar surface area (TPSA) is 73.2 Å². The van der Waals surface area contributed by atoms with Gasteiger partial charge in [-0.25, -0.2) is 9.78 Å². The van der Waals surface area contributed by atoms with Gasteiger partial charge < -0.3 is 14.6 Å². The van der Waals surface area contributed by atoms with Crippen LogP contribution in [-0.4, -0.2) is 28.0 Å². The fourth-order valence-corrected chi connectivity index (χ4v) is 2.51. The Morgan fingerprint density at radius 2 is 1.88 bits per heavy atom. The largest absolute Gasteiger partial charge is 0.459 e. The lowest BCUT2D eigenvalue weighted by Crippen LogP contribution is -2.37. The van der Waals surface area contributed by atoms with Crippen molar-refractivity contribution in [3.63, 3.8) is 0 Å². The van der Waals surface area contributed by atoms with Crippen molar-refractivity contribution in [1.29, 1.82) is 0 Å². The van der Waals surface area contributed by atoms with Crippen molar-refractivity contribution < 1.29 is 14.3 Å². The van der Waals surface area contributed by atoms with Crippen LogP contribution in [0, 0.1) is 0 Å². The van der Waals surface area contributed by atoms with E-state index < -0.39 is 17.9 Å². The molecule has 6 nitrogen and oxygen atoms in total. The summed E-state index contributed by atoms with van der Waals surface area (Å²) < 4.78 is 6.59. The Bertz CT molecular complexity index is 742. The molecule has 0 saturated heterocycles. The van der Waals surface area contributed by atoms with E-state index in [-0.39, 0.29) is 12.0 Å². The highest BCUT2D eigenvalue weighted by Crippen LogP contribution is 2.26. The third-order valence-electron chi connectivity index (χ3n) is 3.96. The summed E-state index contributed by atoms with van der Waals surface area (Å²) in [6.45, 7) is 8.23. The van der Waals surface area contributed by atoms with Crippen LogP contribution in [0.5, 0.6) is 0 Å². The Morgan fingerprint density at radius 1 is 1.24 bits per heavy atom. The molecule has 0 aliphatic carbocycles. The van der Waals surface area contributed by atoms with Gasteiger partial charge in [0.15, 0.2) is 0 Å². The number of benzene rings is 1. The first-order valence-corrected chi connectivity index (χ1v) is 8.29. The fourth-order valence-electron chi connectivity index (χ4n) is 2.51. The standard InChI is InChI=1S/C19H25N3O3/c1-6-25-18(24)17(23)21-15(16-20-11-12-22(16)5)13-7-9-14(10-8-13)19(2,3)4/h7-12,15H,6H2,1-5H3,(H,21,23). The molecule has 1 N–H and O–H groups in total. The molecule has 0 saturated carbocycles. The first-order chi connectivity index (χ1) is 11.7. The van der Waals surface area contributed by atoms with Gasteiger partial charge in [0.1, 0.15) is 11.9 Å². The van der Waals surface area contributed by atoms with Gasteiger partial charge in [-0.3, -0.25) is 4.79 Å². The summed E-state index contributed by atoms with van der Waals surface area (Å²) in [7, 11) is 1.84. The van der Waals surface area contributed by atoms with Crippen molar-refractivity contribution >= 4 is 11.9 Å². The van der Waals surface area contributed by atoms with Crippen LogP contribution in [0.4, 0.5) is 0 Å². The molecular formula is C19H25N3O3. The zero-order valence-corrected chi connectivity index (χ0v) is 15.4. The Kier molecular flexibility index (Phi) is 5.62. The number of nitrogens with zero attached hydrogens (tertiary/aromatic N) is 2. The predicted octanol–water partition coefficient (Wildman–Crippen LogP) is 2.49. The number of carbonyl (C=O) groups is 2. The summed E-state index contributed by atoms with van der Waals surface area (Å²) in [6.07, 6.45) is 3.45. The van der Waals surface area contributed by atoms with Crippen LogP contribution in [0.25, 0.3) is 0 Å². The zero-order chi connectivity index (χ0) is 18.6. The number of esters is 1. The van der Waals surface area contributed by atoms with Gasteiger partial charge in [-0.1, -0.05) is 45.0 Å². The first kappa shape index (κ1) is 18.7. The molecule has 0 aliphatic heterocycles. The van der Waals surface area contributed by atoms with E-state index in [1.807, 2.05) is 35.9 Å². The minimum Gasteiger partial charge on any atom is -0.459 e. The number of carbonyl (C=O) groups excluding carboxylic acids is 2. The second kappa shape index (κ2) is 7.51. The van der Waals surface area contributed by atoms with Crippen molar-refractivity contribution in [2.24, 2.45) is 7.05 Å². The molecule has 1 unspecified atom stereocenters. The molecule has 0 spiro atoms. The van der Waals surface area contributed by atoms with Crippen molar-refractivity contribution in [3.05, 3.63) is 53.6 Å². The molecular weight excluding hydrogens is 318 g/mol. The number of rotatable bonds is 4. The molecule has 1 aromatic carbocycles. The van der Waals surface area contributed by atoms with Crippen molar-refractivity contribution in [3.8, 4) is 0 Å². The lowest BCUT2D eigenvalue weighted by Gasteiger charge is -2.22. The molecule has 134 valence electrons. The molecule has 0 aliphatic rings. The monoisotopic (exact) mass is 343 g/mol. The van der Waals surface area contributed by atoms with E-state index in [9.17, 15) is 9.59 Å². The van der Waals surface area contributed by atoms with E-state index in [0.29, 0.717) is 5.82 Å². The summed E-state index contributed by atoms with van der Waals surface area (Å²) in [5, 5.41) is 2.72. The second-order valence-electron chi connectivity index (χ2n) is 6.90. The summed E-state index contributed by atoms with van der Waals surface area (Å²) >= 11 is 0. The highest BCUT2D eigenvalue weighted by atomic mass is 16.5. The van der Waals surface area contributed by atoms with E-state index in [1.165, 1.54) is 5.56 Å². The Labute approximate surface area is 148 Å². The van der Waals surface area contributed by atoms with Gasteiger partial charge in [-0.2, -0.15) is 0 Å². The van der Waals surface area contributed by atoms with Gasteiger partial charge in [0.05, 0.1) is 6.61 Å². The number of aromatic nitrogens is 2. The smallest absolute Gasteiger partial charge is 0.396 e. The maximum atomic E-state index is 12.1. The van der Waals surface area contributed by atoms with Crippen molar-refractivity contribution in [1.82, 2.24) is 14.9 Å². The predicted molar refractivity (Wildman–Crippen MR) is 95.0 cm³/mol. The Balaban J connectivity index is 2.34. The van der Waals surface area contributed by atoms with Gasteiger partial charge in [0, 0.05) is 19.4 Å². The fraction of sp³-hybridized carbons (Fsp3) is 0.421. The van der Waals surface area contributed by atoms with Crippen LogP contribution in [0.2, 0.25) is 0 Å². The molecule has 1 amide bonds. The van der Waals surface area contributed by atoms with E-state index in [2.05, 4.69) is 31.1 Å². The van der Waals surface area contributed by atoms with E-state index in [4.69, 9.17) is 4.74 Å². The highest BCUT2D eigenvalue weighted by Gasteiger charge is 2.25. The summed E-state index contributed by atoms with van der Waals surface area (Å²) in [4.78, 5) is 28.1. The van der Waals surface area contributed by atoms with Crippen molar-refractivity contribution in [2.75, 3.05) is 6.61 Å². The van der Waals surface area contributed by atoms with Crippen LogP contribution in [0.1, 0.15) is 50.7 Å². The number of hydrogen-bond acceptors (Lipinski definition) is 4. The van der Waals surface area contributed by atoms with Crippen LogP contribution in [0.15, 0.2) is 36.7 Å². The SMILES string of the molecule is CCOC(=O)C(=O)NC(c1ccc(C(C)(C)C)cc1)c1nccn1C. The number of ether oxygens (including phenoxy) is 1. The summed E-state index contributed by atoms with van der Waals surface area (Å²) in [5.41, 5.74) is 2.07. The zero-order valence-electron chi connectivity index (χ0n) is 15.4. The lowest BCUT2D eigenvalue weighted by atomic mass is 9.86. The van der Waals surface area contributed by atoms with Gasteiger partial charge in [-0.05, 0) is 23.5 Å². The minimum atomic E-state index is -0.895. The average molecular weight is 343 g/mol. The van der Waals surface area contributed by atoms with E-state index in [0.717, 1.165) is 5.56 Å².